The van der Waals surface area contributed by atoms with Crippen LogP contribution in [-0.2, 0) is 18.9 Å². The molecule has 6 nitrogen and oxygen atoms in total. The van der Waals surface area contributed by atoms with Crippen molar-refractivity contribution >= 4 is 0 Å². The summed E-state index contributed by atoms with van der Waals surface area (Å²) in [5.41, 5.74) is -0.733. The predicted molar refractivity (Wildman–Crippen MR) is 71.4 cm³/mol. The number of hydrogen-bond donors (Lipinski definition) is 2. The van der Waals surface area contributed by atoms with E-state index >= 15 is 0 Å². The summed E-state index contributed by atoms with van der Waals surface area (Å²) in [6, 6.07) is 0. The lowest BCUT2D eigenvalue weighted by atomic mass is 9.97. The number of nitrogens with one attached hydrogen (secondary N) is 1. The van der Waals surface area contributed by atoms with Crippen molar-refractivity contribution in [1.82, 2.24) is 5.32 Å². The van der Waals surface area contributed by atoms with E-state index < -0.39 is 5.60 Å². The van der Waals surface area contributed by atoms with Gasteiger partial charge in [-0.25, -0.2) is 0 Å². The van der Waals surface area contributed by atoms with Crippen LogP contribution in [0, 0.1) is 0 Å². The van der Waals surface area contributed by atoms with E-state index in [2.05, 4.69) is 5.32 Å². The van der Waals surface area contributed by atoms with Gasteiger partial charge in [0.15, 0.2) is 0 Å². The molecular weight excluding hydrogens is 250 g/mol. The summed E-state index contributed by atoms with van der Waals surface area (Å²) < 4.78 is 20.9. The van der Waals surface area contributed by atoms with Gasteiger partial charge in [-0.05, 0) is 6.92 Å². The summed E-state index contributed by atoms with van der Waals surface area (Å²) in [6.07, 6.45) is 0.588. The minimum Gasteiger partial charge on any atom is -0.386 e. The third kappa shape index (κ3) is 6.65. The second kappa shape index (κ2) is 9.63. The van der Waals surface area contributed by atoms with Gasteiger partial charge in [0.25, 0.3) is 0 Å². The fourth-order valence-electron chi connectivity index (χ4n) is 1.92. The van der Waals surface area contributed by atoms with Crippen molar-refractivity contribution in [2.24, 2.45) is 0 Å². The Hall–Kier alpha value is -0.240. The van der Waals surface area contributed by atoms with Gasteiger partial charge in [-0.2, -0.15) is 0 Å². The lowest BCUT2D eigenvalue weighted by molar-refractivity contribution is -0.0274. The molecule has 1 aliphatic rings. The highest BCUT2D eigenvalue weighted by molar-refractivity contribution is 4.91. The van der Waals surface area contributed by atoms with E-state index in [1.165, 1.54) is 0 Å². The molecular formula is C13H27NO5. The Morgan fingerprint density at radius 3 is 2.53 bits per heavy atom. The fraction of sp³-hybridized carbons (Fsp3) is 1.00. The standard InChI is InChI=1S/C13H27NO5/c1-12-13(15,3-5-19-12)11-14-4-6-17-9-10-18-8-7-16-2/h12,14-15H,3-11H2,1-2H3. The fourth-order valence-corrected chi connectivity index (χ4v) is 1.92. The molecule has 0 aromatic carbocycles. The highest BCUT2D eigenvalue weighted by atomic mass is 16.5. The molecule has 0 aromatic heterocycles. The lowest BCUT2D eigenvalue weighted by Crippen LogP contribution is -2.46. The Kier molecular flexibility index (Phi) is 8.52. The molecule has 0 amide bonds. The summed E-state index contributed by atoms with van der Waals surface area (Å²) in [4.78, 5) is 0. The molecule has 2 atom stereocenters. The molecule has 0 aromatic rings. The second-order valence-electron chi connectivity index (χ2n) is 4.76. The second-order valence-corrected chi connectivity index (χ2v) is 4.76. The minimum atomic E-state index is -0.733. The maximum Gasteiger partial charge on any atom is 0.105 e. The van der Waals surface area contributed by atoms with Crippen molar-refractivity contribution in [2.75, 3.05) is 59.8 Å². The highest BCUT2D eigenvalue weighted by Gasteiger charge is 2.38. The normalized spacial score (nSPS) is 27.0. The molecule has 1 aliphatic heterocycles. The smallest absolute Gasteiger partial charge is 0.105 e. The van der Waals surface area contributed by atoms with E-state index in [4.69, 9.17) is 18.9 Å². The van der Waals surface area contributed by atoms with E-state index in [1.807, 2.05) is 6.92 Å². The van der Waals surface area contributed by atoms with Gasteiger partial charge in [0.2, 0.25) is 0 Å². The van der Waals surface area contributed by atoms with Crippen LogP contribution in [0.3, 0.4) is 0 Å². The summed E-state index contributed by atoms with van der Waals surface area (Å²) in [5, 5.41) is 13.4. The molecule has 6 heteroatoms. The molecule has 2 unspecified atom stereocenters. The Balaban J connectivity index is 1.86. The van der Waals surface area contributed by atoms with Crippen molar-refractivity contribution in [3.63, 3.8) is 0 Å². The zero-order valence-corrected chi connectivity index (χ0v) is 12.0. The van der Waals surface area contributed by atoms with Gasteiger partial charge in [-0.3, -0.25) is 0 Å². The molecule has 19 heavy (non-hydrogen) atoms. The van der Waals surface area contributed by atoms with Crippen LogP contribution < -0.4 is 5.32 Å². The first-order chi connectivity index (χ1) is 9.19. The Morgan fingerprint density at radius 2 is 1.89 bits per heavy atom. The van der Waals surface area contributed by atoms with Crippen molar-refractivity contribution in [1.29, 1.82) is 0 Å². The third-order valence-electron chi connectivity index (χ3n) is 3.32. The molecule has 114 valence electrons. The predicted octanol–water partition coefficient (Wildman–Crippen LogP) is -0.204. The molecule has 0 saturated carbocycles. The first-order valence-electron chi connectivity index (χ1n) is 6.88. The maximum atomic E-state index is 10.2. The Morgan fingerprint density at radius 1 is 1.21 bits per heavy atom. The van der Waals surface area contributed by atoms with Crippen molar-refractivity contribution in [3.05, 3.63) is 0 Å². The summed E-state index contributed by atoms with van der Waals surface area (Å²) >= 11 is 0. The SMILES string of the molecule is COCCOCCOCCNCC1(O)CCOC1C. The molecule has 1 fully saturated rings. The van der Waals surface area contributed by atoms with Crippen LogP contribution in [0.2, 0.25) is 0 Å². The van der Waals surface area contributed by atoms with Crippen LogP contribution in [0.5, 0.6) is 0 Å². The average molecular weight is 277 g/mol. The van der Waals surface area contributed by atoms with Crippen LogP contribution in [0.1, 0.15) is 13.3 Å². The van der Waals surface area contributed by atoms with Gasteiger partial charge in [-0.15, -0.1) is 0 Å². The maximum absolute atomic E-state index is 10.2. The molecule has 1 heterocycles. The lowest BCUT2D eigenvalue weighted by Gasteiger charge is -2.26. The van der Waals surface area contributed by atoms with E-state index in [0.717, 1.165) is 0 Å². The molecule has 0 bridgehead atoms. The number of aliphatic hydroxyl groups is 1. The number of ether oxygens (including phenoxy) is 4. The van der Waals surface area contributed by atoms with E-state index in [9.17, 15) is 5.11 Å². The summed E-state index contributed by atoms with van der Waals surface area (Å²) in [6.45, 7) is 6.78. The van der Waals surface area contributed by atoms with Gasteiger partial charge in [-0.1, -0.05) is 0 Å². The van der Waals surface area contributed by atoms with Crippen molar-refractivity contribution < 1.29 is 24.1 Å². The number of rotatable bonds is 11. The molecule has 0 spiro atoms. The Labute approximate surface area is 115 Å². The van der Waals surface area contributed by atoms with E-state index in [0.29, 0.717) is 59.2 Å². The zero-order chi connectivity index (χ0) is 14.0. The summed E-state index contributed by atoms with van der Waals surface area (Å²) in [5.74, 6) is 0. The van der Waals surface area contributed by atoms with Gasteiger partial charge >= 0.3 is 0 Å². The van der Waals surface area contributed by atoms with Crippen LogP contribution >= 0.6 is 0 Å². The number of methoxy groups -OCH3 is 1. The monoisotopic (exact) mass is 277 g/mol. The quantitative estimate of drug-likeness (QED) is 0.510. The topological polar surface area (TPSA) is 69.2 Å². The first-order valence-corrected chi connectivity index (χ1v) is 6.88. The first kappa shape index (κ1) is 16.8. The van der Waals surface area contributed by atoms with Crippen molar-refractivity contribution in [3.8, 4) is 0 Å². The minimum absolute atomic E-state index is 0.102. The average Bonchev–Trinajstić information content (AvgIpc) is 2.72. The zero-order valence-electron chi connectivity index (χ0n) is 12.0. The van der Waals surface area contributed by atoms with Gasteiger partial charge in [0.05, 0.1) is 39.1 Å². The summed E-state index contributed by atoms with van der Waals surface area (Å²) in [7, 11) is 1.65. The van der Waals surface area contributed by atoms with E-state index in [1.54, 1.807) is 7.11 Å². The van der Waals surface area contributed by atoms with E-state index in [-0.39, 0.29) is 6.10 Å². The van der Waals surface area contributed by atoms with Crippen molar-refractivity contribution in [2.45, 2.75) is 25.0 Å². The molecule has 0 aliphatic carbocycles. The van der Waals surface area contributed by atoms with Gasteiger partial charge in [0, 0.05) is 33.2 Å². The highest BCUT2D eigenvalue weighted by Crippen LogP contribution is 2.24. The van der Waals surface area contributed by atoms with Crippen LogP contribution in [-0.4, -0.2) is 76.7 Å². The van der Waals surface area contributed by atoms with Crippen LogP contribution in [0.15, 0.2) is 0 Å². The number of hydrogen-bond acceptors (Lipinski definition) is 6. The third-order valence-corrected chi connectivity index (χ3v) is 3.32. The Bertz CT molecular complexity index is 229. The largest absolute Gasteiger partial charge is 0.386 e. The molecule has 1 saturated heterocycles. The van der Waals surface area contributed by atoms with Gasteiger partial charge in [0.1, 0.15) is 5.60 Å². The molecule has 2 N–H and O–H groups in total. The van der Waals surface area contributed by atoms with Crippen LogP contribution in [0.25, 0.3) is 0 Å². The molecule has 0 radical (unpaired) electrons. The van der Waals surface area contributed by atoms with Gasteiger partial charge < -0.3 is 29.4 Å². The van der Waals surface area contributed by atoms with Crippen LogP contribution in [0.4, 0.5) is 0 Å². The molecule has 1 rings (SSSR count).